The highest BCUT2D eigenvalue weighted by Crippen LogP contribution is 2.30. The van der Waals surface area contributed by atoms with Crippen molar-refractivity contribution in [1.29, 1.82) is 0 Å². The maximum atomic E-state index is 12.4. The molecular weight excluding hydrogens is 348 g/mol. The summed E-state index contributed by atoms with van der Waals surface area (Å²) in [5.74, 6) is 0.563. The number of carbonyl (C=O) groups excluding carboxylic acids is 1. The summed E-state index contributed by atoms with van der Waals surface area (Å²) in [6.07, 6.45) is 1.16. The number of hydrogen-bond acceptors (Lipinski definition) is 3. The number of carbonyl (C=O) groups is 1. The molecule has 28 heavy (non-hydrogen) atoms. The van der Waals surface area contributed by atoms with Crippen molar-refractivity contribution in [2.24, 2.45) is 0 Å². The number of fused-ring (bicyclic) bond motifs is 1. The van der Waals surface area contributed by atoms with Crippen LogP contribution in [0.3, 0.4) is 0 Å². The Labute approximate surface area is 164 Å². The number of oxazole rings is 1. The second-order valence-corrected chi connectivity index (χ2v) is 7.00. The predicted octanol–water partition coefficient (Wildman–Crippen LogP) is 5.68. The number of aromatic nitrogens is 1. The molecule has 0 bridgehead atoms. The standard InChI is InChI=1S/C24H22N2O2/c1-16-10-12-18(13-11-16)14-15-23(27)25-20-8-5-6-19(17(20)2)24-26-21-7-3-4-9-22(21)28-24/h3-13H,14-15H2,1-2H3,(H,25,27). The van der Waals surface area contributed by atoms with Crippen LogP contribution in [0.5, 0.6) is 0 Å². The first-order valence-corrected chi connectivity index (χ1v) is 9.41. The van der Waals surface area contributed by atoms with E-state index in [-0.39, 0.29) is 5.91 Å². The molecule has 140 valence electrons. The third-order valence-corrected chi connectivity index (χ3v) is 4.89. The number of nitrogens with zero attached hydrogens (tertiary/aromatic N) is 1. The molecule has 1 aromatic heterocycles. The first-order valence-electron chi connectivity index (χ1n) is 9.41. The highest BCUT2D eigenvalue weighted by Gasteiger charge is 2.14. The molecule has 4 heteroatoms. The first-order chi connectivity index (χ1) is 13.6. The van der Waals surface area contributed by atoms with Crippen molar-refractivity contribution in [2.45, 2.75) is 26.7 Å². The molecule has 0 aliphatic carbocycles. The van der Waals surface area contributed by atoms with Gasteiger partial charge in [-0.3, -0.25) is 4.79 Å². The lowest BCUT2D eigenvalue weighted by Crippen LogP contribution is -2.13. The van der Waals surface area contributed by atoms with Gasteiger partial charge in [0.05, 0.1) is 0 Å². The minimum absolute atomic E-state index is 0.00149. The van der Waals surface area contributed by atoms with Crippen LogP contribution in [0.15, 0.2) is 71.1 Å². The number of benzene rings is 3. The van der Waals surface area contributed by atoms with Crippen molar-refractivity contribution in [1.82, 2.24) is 4.98 Å². The van der Waals surface area contributed by atoms with Gasteiger partial charge < -0.3 is 9.73 Å². The van der Waals surface area contributed by atoms with Gasteiger partial charge >= 0.3 is 0 Å². The van der Waals surface area contributed by atoms with Gasteiger partial charge in [0.25, 0.3) is 0 Å². The van der Waals surface area contributed by atoms with E-state index in [0.29, 0.717) is 12.3 Å². The number of anilines is 1. The molecule has 0 unspecified atom stereocenters. The number of para-hydroxylation sites is 2. The fraction of sp³-hybridized carbons (Fsp3) is 0.167. The average Bonchev–Trinajstić information content (AvgIpc) is 3.13. The van der Waals surface area contributed by atoms with E-state index in [1.807, 2.05) is 49.4 Å². The molecule has 0 aliphatic rings. The minimum Gasteiger partial charge on any atom is -0.436 e. The van der Waals surface area contributed by atoms with Gasteiger partial charge in [0.1, 0.15) is 5.52 Å². The molecule has 1 amide bonds. The molecule has 0 aliphatic heterocycles. The van der Waals surface area contributed by atoms with Gasteiger partial charge in [-0.25, -0.2) is 4.98 Å². The van der Waals surface area contributed by atoms with Crippen molar-refractivity contribution in [3.8, 4) is 11.5 Å². The van der Waals surface area contributed by atoms with Crippen LogP contribution >= 0.6 is 0 Å². The zero-order chi connectivity index (χ0) is 19.5. The third-order valence-electron chi connectivity index (χ3n) is 4.89. The largest absolute Gasteiger partial charge is 0.436 e. The van der Waals surface area contributed by atoms with E-state index in [1.165, 1.54) is 5.56 Å². The molecule has 0 spiro atoms. The molecule has 4 rings (SSSR count). The highest BCUT2D eigenvalue weighted by atomic mass is 16.3. The van der Waals surface area contributed by atoms with Gasteiger partial charge in [0, 0.05) is 17.7 Å². The Kier molecular flexibility index (Phi) is 4.94. The Morgan fingerprint density at radius 1 is 0.964 bits per heavy atom. The van der Waals surface area contributed by atoms with Crippen molar-refractivity contribution in [3.63, 3.8) is 0 Å². The van der Waals surface area contributed by atoms with Crippen LogP contribution in [0.25, 0.3) is 22.6 Å². The SMILES string of the molecule is Cc1ccc(CCC(=O)Nc2cccc(-c3nc4ccccc4o3)c2C)cc1. The van der Waals surface area contributed by atoms with Crippen LogP contribution in [-0.2, 0) is 11.2 Å². The van der Waals surface area contributed by atoms with Gasteiger partial charge in [-0.2, -0.15) is 0 Å². The maximum Gasteiger partial charge on any atom is 0.227 e. The molecule has 0 radical (unpaired) electrons. The highest BCUT2D eigenvalue weighted by molar-refractivity contribution is 5.93. The van der Waals surface area contributed by atoms with Gasteiger partial charge in [-0.15, -0.1) is 0 Å². The molecule has 0 saturated carbocycles. The lowest BCUT2D eigenvalue weighted by atomic mass is 10.1. The summed E-state index contributed by atoms with van der Waals surface area (Å²) in [4.78, 5) is 17.0. The topological polar surface area (TPSA) is 55.1 Å². The number of amides is 1. The molecule has 0 saturated heterocycles. The van der Waals surface area contributed by atoms with E-state index < -0.39 is 0 Å². The van der Waals surface area contributed by atoms with E-state index in [2.05, 4.69) is 41.5 Å². The Bertz CT molecular complexity index is 1090. The van der Waals surface area contributed by atoms with Gasteiger partial charge in [-0.05, 0) is 55.7 Å². The Balaban J connectivity index is 1.50. The molecule has 4 aromatic rings. The summed E-state index contributed by atoms with van der Waals surface area (Å²) in [7, 11) is 0. The van der Waals surface area contributed by atoms with Gasteiger partial charge in [0.15, 0.2) is 5.58 Å². The maximum absolute atomic E-state index is 12.4. The molecule has 4 nitrogen and oxygen atoms in total. The molecule has 0 atom stereocenters. The van der Waals surface area contributed by atoms with E-state index in [1.54, 1.807) is 0 Å². The Morgan fingerprint density at radius 3 is 2.54 bits per heavy atom. The second kappa shape index (κ2) is 7.69. The fourth-order valence-corrected chi connectivity index (χ4v) is 3.22. The van der Waals surface area contributed by atoms with Crippen molar-refractivity contribution < 1.29 is 9.21 Å². The van der Waals surface area contributed by atoms with E-state index in [9.17, 15) is 4.79 Å². The summed E-state index contributed by atoms with van der Waals surface area (Å²) < 4.78 is 5.89. The van der Waals surface area contributed by atoms with Gasteiger partial charge in [-0.1, -0.05) is 48.0 Å². The van der Waals surface area contributed by atoms with Gasteiger partial charge in [0.2, 0.25) is 11.8 Å². The summed E-state index contributed by atoms with van der Waals surface area (Å²) in [6.45, 7) is 4.03. The normalized spacial score (nSPS) is 10.9. The van der Waals surface area contributed by atoms with E-state index in [4.69, 9.17) is 4.42 Å². The third kappa shape index (κ3) is 3.81. The zero-order valence-corrected chi connectivity index (χ0v) is 16.0. The van der Waals surface area contributed by atoms with Crippen LogP contribution in [0.4, 0.5) is 5.69 Å². The van der Waals surface area contributed by atoms with Crippen LogP contribution in [0.2, 0.25) is 0 Å². The Hall–Kier alpha value is -3.40. The number of nitrogens with one attached hydrogen (secondary N) is 1. The quantitative estimate of drug-likeness (QED) is 0.491. The van der Waals surface area contributed by atoms with Crippen LogP contribution in [-0.4, -0.2) is 10.9 Å². The first kappa shape index (κ1) is 18.0. The van der Waals surface area contributed by atoms with Crippen molar-refractivity contribution in [2.75, 3.05) is 5.32 Å². The number of hydrogen-bond donors (Lipinski definition) is 1. The summed E-state index contributed by atoms with van der Waals surface area (Å²) in [6, 6.07) is 21.7. The predicted molar refractivity (Wildman–Crippen MR) is 112 cm³/mol. The smallest absolute Gasteiger partial charge is 0.227 e. The van der Waals surface area contributed by atoms with Crippen LogP contribution in [0, 0.1) is 13.8 Å². The second-order valence-electron chi connectivity index (χ2n) is 7.00. The molecular formula is C24H22N2O2. The average molecular weight is 370 g/mol. The van der Waals surface area contributed by atoms with Crippen LogP contribution in [0.1, 0.15) is 23.1 Å². The summed E-state index contributed by atoms with van der Waals surface area (Å²) in [5.41, 5.74) is 6.57. The van der Waals surface area contributed by atoms with E-state index >= 15 is 0 Å². The summed E-state index contributed by atoms with van der Waals surface area (Å²) >= 11 is 0. The Morgan fingerprint density at radius 2 is 1.75 bits per heavy atom. The molecule has 1 N–H and O–H groups in total. The molecule has 3 aromatic carbocycles. The number of rotatable bonds is 5. The number of aryl methyl sites for hydroxylation is 2. The monoisotopic (exact) mass is 370 g/mol. The van der Waals surface area contributed by atoms with Crippen LogP contribution < -0.4 is 5.32 Å². The van der Waals surface area contributed by atoms with Crippen molar-refractivity contribution >= 4 is 22.7 Å². The molecule has 0 fully saturated rings. The summed E-state index contributed by atoms with van der Waals surface area (Å²) in [5, 5.41) is 3.03. The zero-order valence-electron chi connectivity index (χ0n) is 16.0. The fourth-order valence-electron chi connectivity index (χ4n) is 3.22. The van der Waals surface area contributed by atoms with Crippen molar-refractivity contribution in [3.05, 3.63) is 83.4 Å². The molecule has 1 heterocycles. The lowest BCUT2D eigenvalue weighted by molar-refractivity contribution is -0.116. The van der Waals surface area contributed by atoms with E-state index in [0.717, 1.165) is 39.9 Å². The lowest BCUT2D eigenvalue weighted by Gasteiger charge is -2.11. The minimum atomic E-state index is -0.00149.